The number of rotatable bonds is 4. The van der Waals surface area contributed by atoms with Crippen LogP contribution < -0.4 is 4.74 Å². The Hall–Kier alpha value is -2.80. The van der Waals surface area contributed by atoms with E-state index in [0.29, 0.717) is 11.3 Å². The molecule has 0 bridgehead atoms. The molecule has 0 radical (unpaired) electrons. The van der Waals surface area contributed by atoms with Crippen molar-refractivity contribution in [3.63, 3.8) is 0 Å². The van der Waals surface area contributed by atoms with Crippen molar-refractivity contribution in [1.82, 2.24) is 0 Å². The van der Waals surface area contributed by atoms with E-state index in [1.54, 1.807) is 12.1 Å². The summed E-state index contributed by atoms with van der Waals surface area (Å²) in [5.74, 6) is -0.120. The average Bonchev–Trinajstić information content (AvgIpc) is 2.52. The Morgan fingerprint density at radius 2 is 1.95 bits per heavy atom. The summed E-state index contributed by atoms with van der Waals surface area (Å²) >= 11 is 0. The predicted octanol–water partition coefficient (Wildman–Crippen LogP) is 2.92. The van der Waals surface area contributed by atoms with Crippen molar-refractivity contribution in [1.29, 1.82) is 5.26 Å². The molecule has 0 aromatic heterocycles. The third-order valence-corrected chi connectivity index (χ3v) is 2.76. The zero-order chi connectivity index (χ0) is 14.4. The molecule has 2 aromatic carbocycles. The first-order valence-corrected chi connectivity index (χ1v) is 6.04. The molecule has 0 aliphatic heterocycles. The van der Waals surface area contributed by atoms with E-state index in [1.165, 1.54) is 13.2 Å². The molecule has 0 atom stereocenters. The molecule has 0 heterocycles. The smallest absolute Gasteiger partial charge is 0.342 e. The van der Waals surface area contributed by atoms with E-state index in [4.69, 9.17) is 14.7 Å². The Kier molecular flexibility index (Phi) is 4.35. The molecular weight excluding hydrogens is 254 g/mol. The highest BCUT2D eigenvalue weighted by Crippen LogP contribution is 2.21. The maximum Gasteiger partial charge on any atom is 0.342 e. The van der Waals surface area contributed by atoms with Crippen molar-refractivity contribution in [2.75, 3.05) is 7.11 Å². The number of carbonyl (C=O) groups excluding carboxylic acids is 1. The monoisotopic (exact) mass is 267 g/mol. The van der Waals surface area contributed by atoms with Gasteiger partial charge < -0.3 is 9.47 Å². The van der Waals surface area contributed by atoms with Crippen LogP contribution in [0, 0.1) is 11.3 Å². The molecule has 4 nitrogen and oxygen atoms in total. The number of hydrogen-bond donors (Lipinski definition) is 0. The number of hydrogen-bond acceptors (Lipinski definition) is 4. The molecule has 0 saturated heterocycles. The van der Waals surface area contributed by atoms with Gasteiger partial charge in [-0.2, -0.15) is 5.26 Å². The number of nitriles is 1. The Morgan fingerprint density at radius 3 is 2.60 bits per heavy atom. The van der Waals surface area contributed by atoms with Crippen LogP contribution >= 0.6 is 0 Å². The lowest BCUT2D eigenvalue weighted by Crippen LogP contribution is -2.07. The van der Waals surface area contributed by atoms with Gasteiger partial charge in [0.25, 0.3) is 0 Å². The third-order valence-electron chi connectivity index (χ3n) is 2.76. The summed E-state index contributed by atoms with van der Waals surface area (Å²) in [6.07, 6.45) is 0. The number of esters is 1. The van der Waals surface area contributed by atoms with Crippen LogP contribution in [0.15, 0.2) is 48.5 Å². The molecular formula is C16H13NO3. The number of benzene rings is 2. The Morgan fingerprint density at radius 1 is 1.20 bits per heavy atom. The minimum atomic E-state index is -0.511. The van der Waals surface area contributed by atoms with E-state index in [9.17, 15) is 4.79 Å². The second-order valence-electron chi connectivity index (χ2n) is 4.09. The van der Waals surface area contributed by atoms with Gasteiger partial charge in [0.1, 0.15) is 17.9 Å². The van der Waals surface area contributed by atoms with Gasteiger partial charge in [0, 0.05) is 0 Å². The van der Waals surface area contributed by atoms with Crippen LogP contribution in [0.2, 0.25) is 0 Å². The highest BCUT2D eigenvalue weighted by molar-refractivity contribution is 5.93. The molecule has 0 aliphatic carbocycles. The molecule has 0 N–H and O–H groups in total. The molecule has 20 heavy (non-hydrogen) atoms. The fraction of sp³-hybridized carbons (Fsp3) is 0.125. The first-order chi connectivity index (χ1) is 9.74. The Bertz CT molecular complexity index is 645. The second-order valence-corrected chi connectivity index (χ2v) is 4.09. The van der Waals surface area contributed by atoms with Gasteiger partial charge >= 0.3 is 5.97 Å². The van der Waals surface area contributed by atoms with Crippen molar-refractivity contribution in [2.24, 2.45) is 0 Å². The van der Waals surface area contributed by atoms with E-state index in [1.807, 2.05) is 36.4 Å². The van der Waals surface area contributed by atoms with Crippen LogP contribution in [0.1, 0.15) is 21.5 Å². The van der Waals surface area contributed by atoms with Gasteiger partial charge in [-0.05, 0) is 23.8 Å². The van der Waals surface area contributed by atoms with Crippen LogP contribution in [0.25, 0.3) is 0 Å². The summed E-state index contributed by atoms with van der Waals surface area (Å²) in [6.45, 7) is 0.180. The number of methoxy groups -OCH3 is 1. The van der Waals surface area contributed by atoms with E-state index >= 15 is 0 Å². The predicted molar refractivity (Wildman–Crippen MR) is 73.3 cm³/mol. The minimum absolute atomic E-state index is 0.180. The van der Waals surface area contributed by atoms with Crippen molar-refractivity contribution >= 4 is 5.97 Å². The maximum absolute atomic E-state index is 12.1. The van der Waals surface area contributed by atoms with Gasteiger partial charge in [0.05, 0.1) is 18.7 Å². The largest absolute Gasteiger partial charge is 0.496 e. The normalized spacial score (nSPS) is 9.60. The van der Waals surface area contributed by atoms with Crippen LogP contribution in [-0.4, -0.2) is 13.1 Å². The first kappa shape index (κ1) is 13.6. The van der Waals surface area contributed by atoms with Gasteiger partial charge in [-0.3, -0.25) is 0 Å². The summed E-state index contributed by atoms with van der Waals surface area (Å²) < 4.78 is 10.3. The molecule has 0 fully saturated rings. The molecule has 0 aliphatic rings. The molecule has 100 valence electrons. The van der Waals surface area contributed by atoms with E-state index in [2.05, 4.69) is 0 Å². The lowest BCUT2D eigenvalue weighted by molar-refractivity contribution is 0.0469. The van der Waals surface area contributed by atoms with Crippen molar-refractivity contribution in [2.45, 2.75) is 6.61 Å². The first-order valence-electron chi connectivity index (χ1n) is 6.04. The summed E-state index contributed by atoms with van der Waals surface area (Å²) in [7, 11) is 1.47. The number of ether oxygens (including phenoxy) is 2. The molecule has 0 amide bonds. The molecule has 0 unspecified atom stereocenters. The fourth-order valence-corrected chi connectivity index (χ4v) is 1.74. The Labute approximate surface area is 117 Å². The topological polar surface area (TPSA) is 59.3 Å². The third kappa shape index (κ3) is 3.15. The van der Waals surface area contributed by atoms with Crippen molar-refractivity contribution in [3.8, 4) is 11.8 Å². The van der Waals surface area contributed by atoms with E-state index in [-0.39, 0.29) is 12.2 Å². The number of carbonyl (C=O) groups is 1. The van der Waals surface area contributed by atoms with Gasteiger partial charge in [-0.25, -0.2) is 4.79 Å². The van der Waals surface area contributed by atoms with Gasteiger partial charge in [-0.1, -0.05) is 30.3 Å². The maximum atomic E-state index is 12.1. The highest BCUT2D eigenvalue weighted by atomic mass is 16.5. The zero-order valence-electron chi connectivity index (χ0n) is 11.0. The summed E-state index contributed by atoms with van der Waals surface area (Å²) in [6, 6.07) is 16.0. The van der Waals surface area contributed by atoms with E-state index in [0.717, 1.165) is 5.56 Å². The highest BCUT2D eigenvalue weighted by Gasteiger charge is 2.14. The lowest BCUT2D eigenvalue weighted by Gasteiger charge is -2.09. The molecule has 4 heteroatoms. The molecule has 2 rings (SSSR count). The Balaban J connectivity index is 2.14. The summed E-state index contributed by atoms with van der Waals surface area (Å²) in [5.41, 5.74) is 1.54. The van der Waals surface area contributed by atoms with E-state index < -0.39 is 5.97 Å². The lowest BCUT2D eigenvalue weighted by atomic mass is 10.1. The molecule has 0 spiro atoms. The van der Waals surface area contributed by atoms with Crippen LogP contribution in [0.3, 0.4) is 0 Å². The summed E-state index contributed by atoms with van der Waals surface area (Å²) in [4.78, 5) is 12.1. The van der Waals surface area contributed by atoms with Crippen molar-refractivity contribution in [3.05, 3.63) is 65.2 Å². The van der Waals surface area contributed by atoms with Crippen LogP contribution in [0.4, 0.5) is 0 Å². The van der Waals surface area contributed by atoms with Crippen molar-refractivity contribution < 1.29 is 14.3 Å². The van der Waals surface area contributed by atoms with Gasteiger partial charge in [0.15, 0.2) is 0 Å². The molecule has 0 saturated carbocycles. The van der Waals surface area contributed by atoms with Gasteiger partial charge in [0.2, 0.25) is 0 Å². The minimum Gasteiger partial charge on any atom is -0.496 e. The molecule has 2 aromatic rings. The van der Waals surface area contributed by atoms with Crippen LogP contribution in [0.5, 0.6) is 5.75 Å². The fourth-order valence-electron chi connectivity index (χ4n) is 1.74. The average molecular weight is 267 g/mol. The second kappa shape index (κ2) is 6.39. The standard InChI is InChI=1S/C16H13NO3/c1-19-15-8-7-13(10-17)9-14(15)16(18)20-11-12-5-3-2-4-6-12/h2-9H,11H2,1H3. The SMILES string of the molecule is COc1ccc(C#N)cc1C(=O)OCc1ccccc1. The summed E-state index contributed by atoms with van der Waals surface area (Å²) in [5, 5.41) is 8.87. The van der Waals surface area contributed by atoms with Gasteiger partial charge in [-0.15, -0.1) is 0 Å². The quantitative estimate of drug-likeness (QED) is 0.799. The zero-order valence-corrected chi connectivity index (χ0v) is 11.0. The number of nitrogens with zero attached hydrogens (tertiary/aromatic N) is 1. The van der Waals surface area contributed by atoms with Crippen LogP contribution in [-0.2, 0) is 11.3 Å².